The molecule has 0 aliphatic heterocycles. The third-order valence-electron chi connectivity index (χ3n) is 3.13. The molecule has 0 aliphatic rings. The average molecular weight is 329 g/mol. The molecule has 128 valence electrons. The van der Waals surface area contributed by atoms with E-state index in [0.717, 1.165) is 5.69 Å². The molecule has 0 saturated heterocycles. The van der Waals surface area contributed by atoms with Crippen LogP contribution in [0.25, 0.3) is 0 Å². The van der Waals surface area contributed by atoms with Gasteiger partial charge in [0.1, 0.15) is 5.76 Å². The SMILES string of the molecule is CC(C)(C)NC(=O)c1ccc(NCC(=O)NCc2ccco2)cc1. The maximum absolute atomic E-state index is 12.0. The lowest BCUT2D eigenvalue weighted by Crippen LogP contribution is -2.40. The van der Waals surface area contributed by atoms with E-state index in [1.54, 1.807) is 42.7 Å². The molecule has 2 aromatic rings. The highest BCUT2D eigenvalue weighted by Gasteiger charge is 2.15. The number of furan rings is 1. The zero-order valence-electron chi connectivity index (χ0n) is 14.2. The van der Waals surface area contributed by atoms with Gasteiger partial charge in [0.25, 0.3) is 5.91 Å². The Balaban J connectivity index is 1.79. The van der Waals surface area contributed by atoms with Gasteiger partial charge in [-0.2, -0.15) is 0 Å². The number of hydrogen-bond donors (Lipinski definition) is 3. The topological polar surface area (TPSA) is 83.4 Å². The summed E-state index contributed by atoms with van der Waals surface area (Å²) in [5.41, 5.74) is 1.08. The highest BCUT2D eigenvalue weighted by molar-refractivity contribution is 5.95. The molecule has 0 atom stereocenters. The number of amides is 2. The van der Waals surface area contributed by atoms with Crippen LogP contribution in [0.2, 0.25) is 0 Å². The normalized spacial score (nSPS) is 11.0. The molecule has 1 aromatic heterocycles. The van der Waals surface area contributed by atoms with Crippen LogP contribution >= 0.6 is 0 Å². The number of nitrogens with one attached hydrogen (secondary N) is 3. The largest absolute Gasteiger partial charge is 0.467 e. The first kappa shape index (κ1) is 17.6. The minimum atomic E-state index is -0.278. The van der Waals surface area contributed by atoms with Crippen molar-refractivity contribution in [3.63, 3.8) is 0 Å². The molecule has 0 radical (unpaired) electrons. The average Bonchev–Trinajstić information content (AvgIpc) is 3.03. The second kappa shape index (κ2) is 7.68. The van der Waals surface area contributed by atoms with Gasteiger partial charge in [0.2, 0.25) is 5.91 Å². The molecule has 0 fully saturated rings. The number of anilines is 1. The summed E-state index contributed by atoms with van der Waals surface area (Å²) in [5, 5.41) is 8.67. The van der Waals surface area contributed by atoms with E-state index in [-0.39, 0.29) is 23.9 Å². The summed E-state index contributed by atoms with van der Waals surface area (Å²) < 4.78 is 5.14. The highest BCUT2D eigenvalue weighted by Crippen LogP contribution is 2.10. The molecule has 2 rings (SSSR count). The third-order valence-corrected chi connectivity index (χ3v) is 3.13. The van der Waals surface area contributed by atoms with Crippen molar-refractivity contribution in [2.45, 2.75) is 32.9 Å². The van der Waals surface area contributed by atoms with Gasteiger partial charge < -0.3 is 20.4 Å². The predicted molar refractivity (Wildman–Crippen MR) is 92.7 cm³/mol. The molecule has 6 nitrogen and oxygen atoms in total. The first-order valence-electron chi connectivity index (χ1n) is 7.79. The van der Waals surface area contributed by atoms with Gasteiger partial charge in [-0.1, -0.05) is 0 Å². The minimum absolute atomic E-state index is 0.120. The van der Waals surface area contributed by atoms with Crippen molar-refractivity contribution in [1.29, 1.82) is 0 Å². The molecule has 6 heteroatoms. The van der Waals surface area contributed by atoms with Gasteiger partial charge >= 0.3 is 0 Å². The Kier molecular flexibility index (Phi) is 5.63. The van der Waals surface area contributed by atoms with Crippen LogP contribution in [0, 0.1) is 0 Å². The molecule has 1 aromatic carbocycles. The molecule has 0 bridgehead atoms. The fraction of sp³-hybridized carbons (Fsp3) is 0.333. The Morgan fingerprint density at radius 1 is 1.08 bits per heavy atom. The fourth-order valence-electron chi connectivity index (χ4n) is 2.00. The molecule has 0 saturated carbocycles. The Morgan fingerprint density at radius 2 is 1.79 bits per heavy atom. The number of rotatable bonds is 6. The molecular weight excluding hydrogens is 306 g/mol. The van der Waals surface area contributed by atoms with Gasteiger partial charge in [-0.25, -0.2) is 0 Å². The monoisotopic (exact) mass is 329 g/mol. The van der Waals surface area contributed by atoms with E-state index in [0.29, 0.717) is 17.9 Å². The van der Waals surface area contributed by atoms with E-state index in [4.69, 9.17) is 4.42 Å². The van der Waals surface area contributed by atoms with Crippen molar-refractivity contribution in [2.75, 3.05) is 11.9 Å². The number of carbonyl (C=O) groups is 2. The van der Waals surface area contributed by atoms with Gasteiger partial charge in [-0.3, -0.25) is 9.59 Å². The Bertz CT molecular complexity index is 671. The zero-order valence-corrected chi connectivity index (χ0v) is 14.2. The summed E-state index contributed by atoms with van der Waals surface area (Å²) in [7, 11) is 0. The number of benzene rings is 1. The summed E-state index contributed by atoms with van der Waals surface area (Å²) in [5.74, 6) is 0.448. The molecule has 0 spiro atoms. The van der Waals surface area contributed by atoms with Gasteiger partial charge in [-0.05, 0) is 57.2 Å². The van der Waals surface area contributed by atoms with Gasteiger partial charge in [0.15, 0.2) is 0 Å². The van der Waals surface area contributed by atoms with E-state index in [9.17, 15) is 9.59 Å². The van der Waals surface area contributed by atoms with Crippen LogP contribution in [-0.2, 0) is 11.3 Å². The van der Waals surface area contributed by atoms with Gasteiger partial charge in [0.05, 0.1) is 19.4 Å². The van der Waals surface area contributed by atoms with Crippen molar-refractivity contribution in [2.24, 2.45) is 0 Å². The van der Waals surface area contributed by atoms with E-state index in [1.165, 1.54) is 0 Å². The van der Waals surface area contributed by atoms with Crippen LogP contribution in [0.5, 0.6) is 0 Å². The van der Waals surface area contributed by atoms with Crippen LogP contribution in [0.15, 0.2) is 47.1 Å². The van der Waals surface area contributed by atoms with Crippen molar-refractivity contribution < 1.29 is 14.0 Å². The number of hydrogen-bond acceptors (Lipinski definition) is 4. The maximum atomic E-state index is 12.0. The molecule has 24 heavy (non-hydrogen) atoms. The van der Waals surface area contributed by atoms with Crippen molar-refractivity contribution in [3.05, 3.63) is 54.0 Å². The summed E-state index contributed by atoms with van der Waals surface area (Å²) in [4.78, 5) is 23.8. The van der Waals surface area contributed by atoms with E-state index in [1.807, 2.05) is 20.8 Å². The maximum Gasteiger partial charge on any atom is 0.251 e. The lowest BCUT2D eigenvalue weighted by molar-refractivity contribution is -0.119. The quantitative estimate of drug-likeness (QED) is 0.760. The Morgan fingerprint density at radius 3 is 2.38 bits per heavy atom. The Hall–Kier alpha value is -2.76. The summed E-state index contributed by atoms with van der Waals surface area (Å²) in [6.07, 6.45) is 1.57. The van der Waals surface area contributed by atoms with E-state index >= 15 is 0 Å². The first-order valence-corrected chi connectivity index (χ1v) is 7.79. The zero-order chi connectivity index (χ0) is 17.6. The molecule has 0 unspecified atom stereocenters. The van der Waals surface area contributed by atoms with Crippen molar-refractivity contribution in [3.8, 4) is 0 Å². The summed E-state index contributed by atoms with van der Waals surface area (Å²) in [6.45, 7) is 6.31. The molecule has 0 aliphatic carbocycles. The minimum Gasteiger partial charge on any atom is -0.467 e. The highest BCUT2D eigenvalue weighted by atomic mass is 16.3. The van der Waals surface area contributed by atoms with E-state index in [2.05, 4.69) is 16.0 Å². The summed E-state index contributed by atoms with van der Waals surface area (Å²) in [6, 6.07) is 10.6. The number of carbonyl (C=O) groups excluding carboxylic acids is 2. The van der Waals surface area contributed by atoms with E-state index < -0.39 is 0 Å². The van der Waals surface area contributed by atoms with Crippen LogP contribution in [0.3, 0.4) is 0 Å². The molecule has 1 heterocycles. The van der Waals surface area contributed by atoms with Crippen LogP contribution in [-0.4, -0.2) is 23.9 Å². The van der Waals surface area contributed by atoms with Crippen molar-refractivity contribution >= 4 is 17.5 Å². The summed E-state index contributed by atoms with van der Waals surface area (Å²) >= 11 is 0. The van der Waals surface area contributed by atoms with Crippen LogP contribution in [0.4, 0.5) is 5.69 Å². The van der Waals surface area contributed by atoms with Crippen molar-refractivity contribution in [1.82, 2.24) is 10.6 Å². The van der Waals surface area contributed by atoms with Gasteiger partial charge in [-0.15, -0.1) is 0 Å². The van der Waals surface area contributed by atoms with Gasteiger partial charge in [0, 0.05) is 16.8 Å². The standard InChI is InChI=1S/C18H23N3O3/c1-18(2,3)21-17(23)13-6-8-14(9-7-13)19-12-16(22)20-11-15-5-4-10-24-15/h4-10,19H,11-12H2,1-3H3,(H,20,22)(H,21,23). The lowest BCUT2D eigenvalue weighted by Gasteiger charge is -2.20. The predicted octanol–water partition coefficient (Wildman–Crippen LogP) is 2.54. The molecular formula is C18H23N3O3. The van der Waals surface area contributed by atoms with Crippen LogP contribution < -0.4 is 16.0 Å². The lowest BCUT2D eigenvalue weighted by atomic mass is 10.1. The second-order valence-electron chi connectivity index (χ2n) is 6.49. The fourth-order valence-corrected chi connectivity index (χ4v) is 2.00. The second-order valence-corrected chi connectivity index (χ2v) is 6.49. The first-order chi connectivity index (χ1) is 11.3. The third kappa shape index (κ3) is 5.79. The smallest absolute Gasteiger partial charge is 0.251 e. The molecule has 2 amide bonds. The Labute approximate surface area is 141 Å². The van der Waals surface area contributed by atoms with Crippen LogP contribution in [0.1, 0.15) is 36.9 Å². The molecule has 3 N–H and O–H groups in total.